The lowest BCUT2D eigenvalue weighted by Gasteiger charge is -2.17. The second-order valence-electron chi connectivity index (χ2n) is 7.00. The van der Waals surface area contributed by atoms with E-state index in [0.717, 1.165) is 4.90 Å². The van der Waals surface area contributed by atoms with Crippen LogP contribution < -0.4 is 14.8 Å². The highest BCUT2D eigenvalue weighted by molar-refractivity contribution is 14.1. The minimum Gasteiger partial charge on any atom is -0.490 e. The maximum atomic E-state index is 12.8. The van der Waals surface area contributed by atoms with Gasteiger partial charge in [-0.3, -0.25) is 9.69 Å². The molecule has 12 heteroatoms. The number of benzene rings is 1. The van der Waals surface area contributed by atoms with Crippen LogP contribution in [-0.2, 0) is 20.9 Å². The normalized spacial score (nSPS) is 15.3. The van der Waals surface area contributed by atoms with Gasteiger partial charge in [0.2, 0.25) is 5.76 Å². The smallest absolute Gasteiger partial charge is 0.373 e. The number of furan rings is 1. The molecule has 3 rings (SSSR count). The fourth-order valence-corrected chi connectivity index (χ4v) is 3.74. The van der Waals surface area contributed by atoms with Gasteiger partial charge in [-0.25, -0.2) is 14.4 Å². The molecule has 0 unspecified atom stereocenters. The van der Waals surface area contributed by atoms with E-state index >= 15 is 0 Å². The highest BCUT2D eigenvalue weighted by Crippen LogP contribution is 2.36. The fraction of sp³-hybridized carbons (Fsp3) is 0.273. The molecular weight excluding hydrogens is 563 g/mol. The molecule has 1 atom stereocenters. The number of methoxy groups -OCH3 is 1. The number of hydrogen-bond acceptors (Lipinski definition) is 8. The standard InChI is InChI=1S/C22H21IN2O9/c1-4-32-17-9-12(7-14(23)18(17)33-11(2)20(27)28)8-15-19(26)25(22(30)24-15)10-13-5-6-16(34-13)21(29)31-3/h5-9,11H,4,10H2,1-3H3,(H,24,30)(H,27,28)/b15-8-/t11-/m1/s1. The molecule has 1 fully saturated rings. The van der Waals surface area contributed by atoms with E-state index in [1.807, 2.05) is 22.6 Å². The van der Waals surface area contributed by atoms with E-state index in [0.29, 0.717) is 21.5 Å². The highest BCUT2D eigenvalue weighted by Gasteiger charge is 2.34. The molecular formula is C22H21IN2O9. The molecule has 0 aliphatic carbocycles. The fourth-order valence-electron chi connectivity index (χ4n) is 2.99. The molecule has 0 saturated carbocycles. The molecule has 34 heavy (non-hydrogen) atoms. The lowest BCUT2D eigenvalue weighted by atomic mass is 10.1. The van der Waals surface area contributed by atoms with E-state index in [9.17, 15) is 19.2 Å². The lowest BCUT2D eigenvalue weighted by Crippen LogP contribution is -2.30. The molecule has 2 heterocycles. The van der Waals surface area contributed by atoms with Gasteiger partial charge < -0.3 is 29.1 Å². The molecule has 2 aromatic rings. The summed E-state index contributed by atoms with van der Waals surface area (Å²) in [6, 6.07) is 5.46. The zero-order valence-electron chi connectivity index (χ0n) is 18.4. The number of carbonyl (C=O) groups is 4. The Labute approximate surface area is 207 Å². The molecule has 0 spiro atoms. The number of hydrogen-bond donors (Lipinski definition) is 2. The summed E-state index contributed by atoms with van der Waals surface area (Å²) in [6.07, 6.45) is 0.375. The van der Waals surface area contributed by atoms with E-state index in [1.54, 1.807) is 19.1 Å². The number of carboxylic acid groups (broad SMARTS) is 1. The Hall–Kier alpha value is -3.55. The number of carboxylic acids is 1. The van der Waals surface area contributed by atoms with E-state index in [2.05, 4.69) is 10.1 Å². The van der Waals surface area contributed by atoms with Crippen molar-refractivity contribution in [2.24, 2.45) is 0 Å². The summed E-state index contributed by atoms with van der Waals surface area (Å²) in [6.45, 7) is 3.29. The summed E-state index contributed by atoms with van der Waals surface area (Å²) in [5.41, 5.74) is 0.551. The first-order valence-corrected chi connectivity index (χ1v) is 11.1. The quantitative estimate of drug-likeness (QED) is 0.197. The predicted octanol–water partition coefficient (Wildman–Crippen LogP) is 3.01. The second kappa shape index (κ2) is 10.6. The predicted molar refractivity (Wildman–Crippen MR) is 125 cm³/mol. The third-order valence-electron chi connectivity index (χ3n) is 4.61. The van der Waals surface area contributed by atoms with Gasteiger partial charge in [-0.1, -0.05) is 0 Å². The van der Waals surface area contributed by atoms with Crippen molar-refractivity contribution in [3.63, 3.8) is 0 Å². The Bertz CT molecular complexity index is 1170. The number of nitrogens with zero attached hydrogens (tertiary/aromatic N) is 1. The van der Waals surface area contributed by atoms with Gasteiger partial charge in [0.05, 0.1) is 23.8 Å². The molecule has 1 aliphatic rings. The van der Waals surface area contributed by atoms with Crippen LogP contribution in [0.25, 0.3) is 6.08 Å². The van der Waals surface area contributed by atoms with Gasteiger partial charge in [0.25, 0.3) is 5.91 Å². The van der Waals surface area contributed by atoms with Crippen LogP contribution in [-0.4, -0.2) is 53.7 Å². The summed E-state index contributed by atoms with van der Waals surface area (Å²) < 4.78 is 21.6. The van der Waals surface area contributed by atoms with Gasteiger partial charge in [-0.2, -0.15) is 0 Å². The molecule has 0 radical (unpaired) electrons. The van der Waals surface area contributed by atoms with Gasteiger partial charge >= 0.3 is 18.0 Å². The molecule has 180 valence electrons. The van der Waals surface area contributed by atoms with Crippen LogP contribution in [0.1, 0.15) is 35.7 Å². The van der Waals surface area contributed by atoms with Crippen LogP contribution in [0.5, 0.6) is 11.5 Å². The topological polar surface area (TPSA) is 145 Å². The van der Waals surface area contributed by atoms with Crippen molar-refractivity contribution in [3.8, 4) is 11.5 Å². The Morgan fingerprint density at radius 3 is 2.68 bits per heavy atom. The first-order valence-electron chi connectivity index (χ1n) is 10.0. The molecule has 3 amide bonds. The lowest BCUT2D eigenvalue weighted by molar-refractivity contribution is -0.144. The third-order valence-corrected chi connectivity index (χ3v) is 5.41. The van der Waals surface area contributed by atoms with Crippen LogP contribution >= 0.6 is 22.6 Å². The van der Waals surface area contributed by atoms with Crippen molar-refractivity contribution in [1.82, 2.24) is 10.2 Å². The molecule has 1 saturated heterocycles. The van der Waals surface area contributed by atoms with Gasteiger partial charge in [0.1, 0.15) is 11.5 Å². The van der Waals surface area contributed by atoms with E-state index < -0.39 is 30.0 Å². The van der Waals surface area contributed by atoms with Gasteiger partial charge in [0, 0.05) is 0 Å². The second-order valence-corrected chi connectivity index (χ2v) is 8.16. The average molecular weight is 584 g/mol. The van der Waals surface area contributed by atoms with Crippen molar-refractivity contribution >= 4 is 52.5 Å². The highest BCUT2D eigenvalue weighted by atomic mass is 127. The molecule has 1 aromatic heterocycles. The maximum absolute atomic E-state index is 12.8. The van der Waals surface area contributed by atoms with Crippen molar-refractivity contribution in [2.75, 3.05) is 13.7 Å². The minimum absolute atomic E-state index is 0.0237. The Morgan fingerprint density at radius 2 is 2.03 bits per heavy atom. The van der Waals surface area contributed by atoms with Crippen molar-refractivity contribution in [3.05, 3.63) is 50.6 Å². The van der Waals surface area contributed by atoms with Crippen LogP contribution in [0.2, 0.25) is 0 Å². The zero-order chi connectivity index (χ0) is 25.0. The number of carbonyl (C=O) groups excluding carboxylic acids is 3. The van der Waals surface area contributed by atoms with E-state index in [1.165, 1.54) is 32.2 Å². The number of aliphatic carboxylic acids is 1. The number of rotatable bonds is 9. The number of ether oxygens (including phenoxy) is 3. The van der Waals surface area contributed by atoms with Gasteiger partial charge in [0.15, 0.2) is 17.6 Å². The Balaban J connectivity index is 1.84. The van der Waals surface area contributed by atoms with Crippen molar-refractivity contribution in [1.29, 1.82) is 0 Å². The van der Waals surface area contributed by atoms with Crippen molar-refractivity contribution < 1.29 is 42.9 Å². The Morgan fingerprint density at radius 1 is 1.29 bits per heavy atom. The van der Waals surface area contributed by atoms with Crippen LogP contribution in [0.15, 0.2) is 34.4 Å². The van der Waals surface area contributed by atoms with Gasteiger partial charge in [-0.05, 0) is 72.3 Å². The average Bonchev–Trinajstić information content (AvgIpc) is 3.36. The molecule has 0 bridgehead atoms. The number of amides is 3. The first kappa shape index (κ1) is 25.1. The van der Waals surface area contributed by atoms with Crippen LogP contribution in [0.3, 0.4) is 0 Å². The number of nitrogens with one attached hydrogen (secondary N) is 1. The Kier molecular flexibility index (Phi) is 7.81. The van der Waals surface area contributed by atoms with Crippen molar-refractivity contribution in [2.45, 2.75) is 26.5 Å². The molecule has 2 N–H and O–H groups in total. The summed E-state index contributed by atoms with van der Waals surface area (Å²) >= 11 is 1.97. The van der Waals surface area contributed by atoms with Crippen LogP contribution in [0.4, 0.5) is 4.79 Å². The van der Waals surface area contributed by atoms with E-state index in [-0.39, 0.29) is 29.5 Å². The summed E-state index contributed by atoms with van der Waals surface area (Å²) in [5.74, 6) is -1.64. The molecule has 1 aliphatic heterocycles. The molecule has 1 aromatic carbocycles. The summed E-state index contributed by atoms with van der Waals surface area (Å²) in [4.78, 5) is 48.8. The first-order chi connectivity index (χ1) is 16.1. The monoisotopic (exact) mass is 584 g/mol. The number of imide groups is 1. The minimum atomic E-state index is -1.13. The SMILES string of the molecule is CCOc1cc(/C=C2\NC(=O)N(Cc3ccc(C(=O)OC)o3)C2=O)cc(I)c1O[C@H](C)C(=O)O. The number of halogens is 1. The molecule has 11 nitrogen and oxygen atoms in total. The summed E-state index contributed by atoms with van der Waals surface area (Å²) in [7, 11) is 1.21. The third kappa shape index (κ3) is 5.50. The largest absolute Gasteiger partial charge is 0.490 e. The number of urea groups is 1. The zero-order valence-corrected chi connectivity index (χ0v) is 20.6. The number of esters is 1. The maximum Gasteiger partial charge on any atom is 0.373 e. The van der Waals surface area contributed by atoms with E-state index in [4.69, 9.17) is 19.0 Å². The van der Waals surface area contributed by atoms with Crippen LogP contribution in [0, 0.1) is 3.57 Å². The van der Waals surface area contributed by atoms with Gasteiger partial charge in [-0.15, -0.1) is 0 Å². The summed E-state index contributed by atoms with van der Waals surface area (Å²) in [5, 5.41) is 11.6.